The zero-order valence-corrected chi connectivity index (χ0v) is 19.6. The van der Waals surface area contributed by atoms with Crippen LogP contribution in [0.2, 0.25) is 0 Å². The number of hydrogen-bond donors (Lipinski definition) is 1. The minimum Gasteiger partial charge on any atom is -0.493 e. The number of carbonyl (C=O) groups is 1. The van der Waals surface area contributed by atoms with Gasteiger partial charge >= 0.3 is 6.18 Å². The molecule has 3 aromatic rings. The molecule has 2 atom stereocenters. The molecule has 8 heteroatoms. The fourth-order valence-electron chi connectivity index (χ4n) is 4.22. The van der Waals surface area contributed by atoms with E-state index in [2.05, 4.69) is 5.32 Å². The van der Waals surface area contributed by atoms with E-state index < -0.39 is 73.6 Å². The summed E-state index contributed by atoms with van der Waals surface area (Å²) in [4.78, 5) is 14.7. The first-order valence-corrected chi connectivity index (χ1v) is 11.2. The molecule has 4 rings (SSSR count). The van der Waals surface area contributed by atoms with Crippen LogP contribution in [-0.4, -0.2) is 38.5 Å². The number of halogens is 3. The molecule has 1 heterocycles. The van der Waals surface area contributed by atoms with E-state index in [0.717, 1.165) is 29.2 Å². The van der Waals surface area contributed by atoms with Crippen molar-refractivity contribution in [3.05, 3.63) is 94.5 Å². The van der Waals surface area contributed by atoms with Crippen molar-refractivity contribution in [3.8, 4) is 11.5 Å². The molecule has 0 unspecified atom stereocenters. The lowest BCUT2D eigenvalue weighted by molar-refractivity contribution is -0.137. The summed E-state index contributed by atoms with van der Waals surface area (Å²) in [6.45, 7) is -0.293. The maximum Gasteiger partial charge on any atom is 0.416 e. The van der Waals surface area contributed by atoms with Gasteiger partial charge in [0.2, 0.25) is 5.91 Å². The fourth-order valence-corrected chi connectivity index (χ4v) is 4.22. The summed E-state index contributed by atoms with van der Waals surface area (Å²) in [5.74, 6) is -2.14. The number of likely N-dealkylation sites (N-methyl/N-ethyl adjacent to an activating group) is 1. The zero-order valence-electron chi connectivity index (χ0n) is 30.6. The number of fused-ring (bicyclic) bond motifs is 1. The Balaban J connectivity index is 2.03. The molecule has 3 aromatic carbocycles. The van der Waals surface area contributed by atoms with Crippen LogP contribution in [0.1, 0.15) is 61.3 Å². The van der Waals surface area contributed by atoms with Crippen LogP contribution in [0, 0.1) is 0 Å². The lowest BCUT2D eigenvalue weighted by Crippen LogP contribution is -2.44. The average Bonchev–Trinajstić information content (AvgIpc) is 2.98. The lowest BCUT2D eigenvalue weighted by Gasteiger charge is -2.42. The average molecular weight is 524 g/mol. The number of amides is 1. The van der Waals surface area contributed by atoms with E-state index in [0.29, 0.717) is 12.1 Å². The molecule has 1 aliphatic rings. The van der Waals surface area contributed by atoms with Crippen molar-refractivity contribution in [1.82, 2.24) is 10.2 Å². The summed E-state index contributed by atoms with van der Waals surface area (Å²) >= 11 is 0. The molecule has 0 saturated carbocycles. The third kappa shape index (κ3) is 5.74. The molecule has 0 aromatic heterocycles. The smallest absolute Gasteiger partial charge is 0.416 e. The molecular weight excluding hydrogens is 481 g/mol. The van der Waals surface area contributed by atoms with Crippen LogP contribution >= 0.6 is 0 Å². The highest BCUT2D eigenvalue weighted by atomic mass is 19.4. The first kappa shape index (κ1) is 15.7. The highest BCUT2D eigenvalue weighted by Crippen LogP contribution is 2.43. The van der Waals surface area contributed by atoms with Gasteiger partial charge in [-0.15, -0.1) is 0 Å². The minimum atomic E-state index is -4.76. The van der Waals surface area contributed by atoms with Crippen molar-refractivity contribution < 1.29 is 42.5 Å². The molecule has 0 bridgehead atoms. The Kier molecular flexibility index (Phi) is 4.77. The normalized spacial score (nSPS) is 23.2. The highest BCUT2D eigenvalue weighted by molar-refractivity contribution is 5.83. The third-order valence-electron chi connectivity index (χ3n) is 6.00. The first-order valence-electron chi connectivity index (χ1n) is 16.7. The van der Waals surface area contributed by atoms with Gasteiger partial charge in [-0.25, -0.2) is 0 Å². The summed E-state index contributed by atoms with van der Waals surface area (Å²) in [6, 6.07) is 8.02. The molecule has 0 spiro atoms. The second-order valence-corrected chi connectivity index (χ2v) is 8.19. The van der Waals surface area contributed by atoms with Gasteiger partial charge in [0.05, 0.1) is 29.2 Å². The fraction of sp³-hybridized carbons (Fsp3) is 0.345. The second kappa shape index (κ2) is 11.3. The Morgan fingerprint density at radius 1 is 1.14 bits per heavy atom. The van der Waals surface area contributed by atoms with Gasteiger partial charge in [0.15, 0.2) is 11.5 Å². The van der Waals surface area contributed by atoms with E-state index in [-0.39, 0.29) is 29.7 Å². The van der Waals surface area contributed by atoms with Crippen molar-refractivity contribution in [2.24, 2.45) is 0 Å². The third-order valence-corrected chi connectivity index (χ3v) is 6.00. The summed E-state index contributed by atoms with van der Waals surface area (Å²) in [5.41, 5.74) is -1.55. The Hall–Kier alpha value is -3.52. The van der Waals surface area contributed by atoms with Gasteiger partial charge in [0.1, 0.15) is 6.02 Å². The predicted molar refractivity (Wildman–Crippen MR) is 136 cm³/mol. The van der Waals surface area contributed by atoms with Gasteiger partial charge in [-0.3, -0.25) is 9.69 Å². The first-order chi connectivity index (χ1) is 21.9. The summed E-state index contributed by atoms with van der Waals surface area (Å²) in [5, 5.41) is 2.39. The molecule has 1 aliphatic heterocycles. The van der Waals surface area contributed by atoms with Crippen molar-refractivity contribution in [3.63, 3.8) is 0 Å². The standard InChI is InChI=1S/C29H31F3N2O3/c1-33-28(35)27(20-7-5-4-6-8-20)34-16-15-21-17-25(36-2)26(37-3)18-23(21)24(34)14-11-19-9-12-22(13-10-19)29(30,31)32/h4-10,12-13,17-18,24,27H,11,14-16H2,1-3H3,(H,33,35)/t24-,27+/m0/s1/i2D3,3D3,11D2,14D2,27D. The van der Waals surface area contributed by atoms with Crippen molar-refractivity contribution in [1.29, 1.82) is 0 Å². The maximum absolute atomic E-state index is 13.6. The summed E-state index contributed by atoms with van der Waals surface area (Å²) in [6.07, 6.45) is -11.2. The number of carbonyl (C=O) groups excluding carboxylic acids is 1. The highest BCUT2D eigenvalue weighted by Gasteiger charge is 2.37. The Morgan fingerprint density at radius 2 is 1.81 bits per heavy atom. The SMILES string of the molecule is [2H]C([2H])([2H])Oc1cc2c(cc1OC([2H])([2H])[2H])[C@H](C([2H])([2H])C([2H])([2H])c1ccc(C(F)(F)F)cc1)N([C@@]([2H])(C(=O)NC)c1ccccc1)CC2. The number of aryl methyl sites for hydroxylation is 1. The van der Waals surface area contributed by atoms with Crippen LogP contribution in [-0.2, 0) is 23.8 Å². The quantitative estimate of drug-likeness (QED) is 0.409. The van der Waals surface area contributed by atoms with Crippen LogP contribution < -0.4 is 14.8 Å². The second-order valence-electron chi connectivity index (χ2n) is 8.19. The number of ether oxygens (including phenoxy) is 2. The van der Waals surface area contributed by atoms with E-state index in [1.807, 2.05) is 0 Å². The Bertz CT molecular complexity index is 1630. The number of nitrogens with one attached hydrogen (secondary N) is 1. The molecule has 0 aliphatic carbocycles. The summed E-state index contributed by atoms with van der Waals surface area (Å²) in [7, 11) is -4.98. The van der Waals surface area contributed by atoms with Gasteiger partial charge in [-0.2, -0.15) is 13.2 Å². The van der Waals surface area contributed by atoms with Crippen LogP contribution in [0.4, 0.5) is 13.2 Å². The van der Waals surface area contributed by atoms with Gasteiger partial charge in [0, 0.05) is 25.1 Å². The largest absolute Gasteiger partial charge is 0.493 e. The Labute approximate surface area is 230 Å². The van der Waals surface area contributed by atoms with Gasteiger partial charge in [0.25, 0.3) is 0 Å². The van der Waals surface area contributed by atoms with Crippen LogP contribution in [0.15, 0.2) is 66.7 Å². The molecular formula is C29H31F3N2O3. The summed E-state index contributed by atoms with van der Waals surface area (Å²) < 4.78 is 142. The number of hydrogen-bond acceptors (Lipinski definition) is 4. The van der Waals surface area contributed by atoms with Gasteiger partial charge in [-0.05, 0) is 65.7 Å². The number of nitrogens with zero attached hydrogens (tertiary/aromatic N) is 1. The number of alkyl halides is 3. The number of benzene rings is 3. The molecule has 0 saturated heterocycles. The van der Waals surface area contributed by atoms with Gasteiger partial charge < -0.3 is 14.8 Å². The Morgan fingerprint density at radius 3 is 2.43 bits per heavy atom. The minimum absolute atomic E-state index is 0.0602. The van der Waals surface area contributed by atoms with Crippen molar-refractivity contribution >= 4 is 5.91 Å². The van der Waals surface area contributed by atoms with Crippen LogP contribution in [0.25, 0.3) is 0 Å². The molecule has 0 radical (unpaired) electrons. The van der Waals surface area contributed by atoms with Gasteiger partial charge in [-0.1, -0.05) is 42.5 Å². The predicted octanol–water partition coefficient (Wildman–Crippen LogP) is 5.74. The molecule has 1 amide bonds. The molecule has 5 nitrogen and oxygen atoms in total. The number of rotatable bonds is 8. The van der Waals surface area contributed by atoms with Crippen LogP contribution in [0.5, 0.6) is 11.5 Å². The maximum atomic E-state index is 13.6. The van der Waals surface area contributed by atoms with E-state index >= 15 is 0 Å². The van der Waals surface area contributed by atoms with Crippen LogP contribution in [0.3, 0.4) is 0 Å². The number of methoxy groups -OCH3 is 2. The molecule has 37 heavy (non-hydrogen) atoms. The van der Waals surface area contributed by atoms with Crippen molar-refractivity contribution in [2.45, 2.75) is 37.4 Å². The topological polar surface area (TPSA) is 50.8 Å². The monoisotopic (exact) mass is 523 g/mol. The van der Waals surface area contributed by atoms with Crippen molar-refractivity contribution in [2.75, 3.05) is 27.7 Å². The lowest BCUT2D eigenvalue weighted by atomic mass is 9.86. The molecule has 1 N–H and O–H groups in total. The van der Waals surface area contributed by atoms with E-state index in [1.54, 1.807) is 6.07 Å². The van der Waals surface area contributed by atoms with E-state index in [1.165, 1.54) is 31.3 Å². The zero-order chi connectivity index (χ0) is 36.1. The molecule has 0 fully saturated rings. The molecule has 196 valence electrons. The van der Waals surface area contributed by atoms with E-state index in [4.69, 9.17) is 20.4 Å². The van der Waals surface area contributed by atoms with E-state index in [9.17, 15) is 22.1 Å².